The molecule has 0 amide bonds. The Kier molecular flexibility index (Phi) is 4.02. The summed E-state index contributed by atoms with van der Waals surface area (Å²) in [7, 11) is 0. The molecule has 2 aromatic carbocycles. The molecule has 2 aromatic rings. The van der Waals surface area contributed by atoms with E-state index in [1.165, 1.54) is 12.1 Å². The van der Waals surface area contributed by atoms with Crippen LogP contribution in [0.1, 0.15) is 24.0 Å². The highest BCUT2D eigenvalue weighted by Gasteiger charge is 2.29. The summed E-state index contributed by atoms with van der Waals surface area (Å²) >= 11 is 0. The summed E-state index contributed by atoms with van der Waals surface area (Å²) in [5.41, 5.74) is 1.21. The number of benzene rings is 2. The Bertz CT molecular complexity index is 645. The number of hydrogen-bond acceptors (Lipinski definition) is 1. The molecule has 0 aliphatic rings. The van der Waals surface area contributed by atoms with Gasteiger partial charge in [0.2, 0.25) is 0 Å². The Morgan fingerprint density at radius 3 is 2.19 bits per heavy atom. The second kappa shape index (κ2) is 5.60. The van der Waals surface area contributed by atoms with Gasteiger partial charge in [-0.1, -0.05) is 36.4 Å². The molecular formula is C16H13F3O2. The first-order valence-corrected chi connectivity index (χ1v) is 6.29. The van der Waals surface area contributed by atoms with Gasteiger partial charge >= 0.3 is 12.1 Å². The van der Waals surface area contributed by atoms with Gasteiger partial charge in [0.25, 0.3) is 0 Å². The molecule has 0 radical (unpaired) electrons. The molecule has 0 saturated heterocycles. The predicted octanol–water partition coefficient (Wildman–Crippen LogP) is 4.56. The zero-order valence-electron chi connectivity index (χ0n) is 11.2. The van der Waals surface area contributed by atoms with Crippen molar-refractivity contribution in [2.45, 2.75) is 19.0 Å². The number of carbonyl (C=O) groups is 1. The predicted molar refractivity (Wildman–Crippen MR) is 72.9 cm³/mol. The lowest BCUT2D eigenvalue weighted by molar-refractivity contribution is -0.138. The summed E-state index contributed by atoms with van der Waals surface area (Å²) in [4.78, 5) is 11.0. The second-order valence-electron chi connectivity index (χ2n) is 4.76. The second-order valence-corrected chi connectivity index (χ2v) is 4.76. The average Bonchev–Trinajstić information content (AvgIpc) is 2.46. The third-order valence-electron chi connectivity index (χ3n) is 3.30. The SMILES string of the molecule is CC(C(=O)O)c1cccc(-c2ccc(C(F)(F)F)cc2)c1. The van der Waals surface area contributed by atoms with Crippen molar-refractivity contribution >= 4 is 5.97 Å². The van der Waals surface area contributed by atoms with E-state index in [9.17, 15) is 18.0 Å². The largest absolute Gasteiger partial charge is 0.481 e. The minimum absolute atomic E-state index is 0.611. The highest BCUT2D eigenvalue weighted by atomic mass is 19.4. The van der Waals surface area contributed by atoms with E-state index >= 15 is 0 Å². The number of carboxylic acid groups (broad SMARTS) is 1. The maximum Gasteiger partial charge on any atom is 0.416 e. The molecular weight excluding hydrogens is 281 g/mol. The summed E-state index contributed by atoms with van der Waals surface area (Å²) in [6.45, 7) is 1.56. The van der Waals surface area contributed by atoms with Gasteiger partial charge in [0.05, 0.1) is 11.5 Å². The van der Waals surface area contributed by atoms with E-state index in [0.717, 1.165) is 12.1 Å². The Labute approximate surface area is 119 Å². The van der Waals surface area contributed by atoms with Crippen molar-refractivity contribution in [3.63, 3.8) is 0 Å². The van der Waals surface area contributed by atoms with Gasteiger partial charge in [-0.05, 0) is 35.7 Å². The summed E-state index contributed by atoms with van der Waals surface area (Å²) in [6.07, 6.45) is -4.36. The van der Waals surface area contributed by atoms with Crippen LogP contribution in [0.25, 0.3) is 11.1 Å². The molecule has 2 rings (SSSR count). The maximum atomic E-state index is 12.5. The number of halogens is 3. The monoisotopic (exact) mass is 294 g/mol. The normalized spacial score (nSPS) is 13.0. The number of carboxylic acids is 1. The van der Waals surface area contributed by atoms with Crippen LogP contribution in [0.4, 0.5) is 13.2 Å². The fourth-order valence-corrected chi connectivity index (χ4v) is 1.98. The van der Waals surface area contributed by atoms with Crippen molar-refractivity contribution in [2.24, 2.45) is 0 Å². The van der Waals surface area contributed by atoms with Gasteiger partial charge in [-0.25, -0.2) is 0 Å². The molecule has 1 atom stereocenters. The Morgan fingerprint density at radius 1 is 1.05 bits per heavy atom. The molecule has 0 spiro atoms. The minimum atomic E-state index is -4.36. The van der Waals surface area contributed by atoms with Gasteiger partial charge < -0.3 is 5.11 Å². The molecule has 0 aromatic heterocycles. The van der Waals surface area contributed by atoms with Crippen molar-refractivity contribution in [3.8, 4) is 11.1 Å². The lowest BCUT2D eigenvalue weighted by atomic mass is 9.96. The van der Waals surface area contributed by atoms with Gasteiger partial charge in [0.15, 0.2) is 0 Å². The van der Waals surface area contributed by atoms with Crippen LogP contribution < -0.4 is 0 Å². The van der Waals surface area contributed by atoms with Crippen LogP contribution in [-0.2, 0) is 11.0 Å². The third kappa shape index (κ3) is 3.42. The quantitative estimate of drug-likeness (QED) is 0.901. The van der Waals surface area contributed by atoms with E-state index < -0.39 is 23.6 Å². The van der Waals surface area contributed by atoms with Crippen molar-refractivity contribution in [1.29, 1.82) is 0 Å². The number of aliphatic carboxylic acids is 1. The fraction of sp³-hybridized carbons (Fsp3) is 0.188. The van der Waals surface area contributed by atoms with Gasteiger partial charge in [-0.3, -0.25) is 4.79 Å². The third-order valence-corrected chi connectivity index (χ3v) is 3.30. The smallest absolute Gasteiger partial charge is 0.416 e. The molecule has 1 unspecified atom stereocenters. The van der Waals surface area contributed by atoms with Crippen molar-refractivity contribution in [2.75, 3.05) is 0 Å². The Hall–Kier alpha value is -2.30. The lowest BCUT2D eigenvalue weighted by Crippen LogP contribution is -2.07. The van der Waals surface area contributed by atoms with Crippen molar-refractivity contribution in [1.82, 2.24) is 0 Å². The summed E-state index contributed by atoms with van der Waals surface area (Å²) in [5.74, 6) is -1.61. The maximum absolute atomic E-state index is 12.5. The van der Waals surface area contributed by atoms with Crippen LogP contribution in [0.5, 0.6) is 0 Å². The molecule has 0 fully saturated rings. The van der Waals surface area contributed by atoms with E-state index in [-0.39, 0.29) is 0 Å². The molecule has 21 heavy (non-hydrogen) atoms. The van der Waals surface area contributed by atoms with Gasteiger partial charge in [0, 0.05) is 0 Å². The molecule has 5 heteroatoms. The van der Waals surface area contributed by atoms with Crippen molar-refractivity contribution < 1.29 is 23.1 Å². The molecule has 1 N–H and O–H groups in total. The van der Waals surface area contributed by atoms with E-state index in [0.29, 0.717) is 16.7 Å². The molecule has 0 saturated carbocycles. The first kappa shape index (κ1) is 15.1. The number of alkyl halides is 3. The molecule has 0 aliphatic heterocycles. The molecule has 2 nitrogen and oxygen atoms in total. The van der Waals surface area contributed by atoms with Gasteiger partial charge in [-0.15, -0.1) is 0 Å². The topological polar surface area (TPSA) is 37.3 Å². The zero-order valence-corrected chi connectivity index (χ0v) is 11.2. The molecule has 0 heterocycles. The highest BCUT2D eigenvalue weighted by molar-refractivity contribution is 5.76. The standard InChI is InChI=1S/C16H13F3O2/c1-10(15(20)21)12-3-2-4-13(9-12)11-5-7-14(8-6-11)16(17,18)19/h2-10H,1H3,(H,20,21). The number of rotatable bonds is 3. The summed E-state index contributed by atoms with van der Waals surface area (Å²) in [5, 5.41) is 9.00. The van der Waals surface area contributed by atoms with E-state index in [4.69, 9.17) is 5.11 Å². The van der Waals surface area contributed by atoms with Crippen LogP contribution in [-0.4, -0.2) is 11.1 Å². The zero-order chi connectivity index (χ0) is 15.6. The van der Waals surface area contributed by atoms with Crippen LogP contribution in [0.15, 0.2) is 48.5 Å². The van der Waals surface area contributed by atoms with Crippen LogP contribution in [0.3, 0.4) is 0 Å². The Balaban J connectivity index is 2.34. The number of hydrogen-bond donors (Lipinski definition) is 1. The van der Waals surface area contributed by atoms with Crippen LogP contribution >= 0.6 is 0 Å². The van der Waals surface area contributed by atoms with Crippen LogP contribution in [0.2, 0.25) is 0 Å². The summed E-state index contributed by atoms with van der Waals surface area (Å²) in [6, 6.07) is 11.6. The van der Waals surface area contributed by atoms with Crippen LogP contribution in [0, 0.1) is 0 Å². The van der Waals surface area contributed by atoms with E-state index in [2.05, 4.69) is 0 Å². The Morgan fingerprint density at radius 2 is 1.67 bits per heavy atom. The molecule has 110 valence electrons. The summed E-state index contributed by atoms with van der Waals surface area (Å²) < 4.78 is 37.5. The molecule has 0 bridgehead atoms. The van der Waals surface area contributed by atoms with E-state index in [1.54, 1.807) is 31.2 Å². The molecule has 0 aliphatic carbocycles. The van der Waals surface area contributed by atoms with Crippen molar-refractivity contribution in [3.05, 3.63) is 59.7 Å². The van der Waals surface area contributed by atoms with Gasteiger partial charge in [-0.2, -0.15) is 13.2 Å². The lowest BCUT2D eigenvalue weighted by Gasteiger charge is -2.10. The first-order chi connectivity index (χ1) is 9.79. The van der Waals surface area contributed by atoms with Gasteiger partial charge in [0.1, 0.15) is 0 Å². The minimum Gasteiger partial charge on any atom is -0.481 e. The first-order valence-electron chi connectivity index (χ1n) is 6.29. The fourth-order valence-electron chi connectivity index (χ4n) is 1.98. The highest BCUT2D eigenvalue weighted by Crippen LogP contribution is 2.31. The average molecular weight is 294 g/mol. The van der Waals surface area contributed by atoms with E-state index in [1.807, 2.05) is 0 Å².